The third kappa shape index (κ3) is 23.2. The van der Waals surface area contributed by atoms with Gasteiger partial charge in [-0.15, -0.1) is 0 Å². The van der Waals surface area contributed by atoms with E-state index < -0.39 is 0 Å². The predicted octanol–water partition coefficient (Wildman–Crippen LogP) is -2.22. The summed E-state index contributed by atoms with van der Waals surface area (Å²) in [5.41, 5.74) is 6.81. The van der Waals surface area contributed by atoms with Crippen molar-refractivity contribution in [1.82, 2.24) is 5.48 Å². The number of nitrogens with two attached hydrogens (primary N) is 1. The van der Waals surface area contributed by atoms with Crippen molar-refractivity contribution in [2.24, 2.45) is 5.73 Å². The van der Waals surface area contributed by atoms with Crippen molar-refractivity contribution >= 4 is 88.7 Å². The van der Waals surface area contributed by atoms with Crippen LogP contribution in [0.5, 0.6) is 0 Å². The SMILES string of the molecule is NCCNO.[Na].[Na].[Na]. The van der Waals surface area contributed by atoms with Gasteiger partial charge < -0.3 is 10.9 Å². The van der Waals surface area contributed by atoms with Crippen LogP contribution in [-0.2, 0) is 0 Å². The molecule has 0 saturated carbocycles. The maximum Gasteiger partial charge on any atom is 0.0330 e. The fourth-order valence-electron chi connectivity index (χ4n) is 0.0645. The first-order valence-electron chi connectivity index (χ1n) is 1.49. The topological polar surface area (TPSA) is 58.3 Å². The summed E-state index contributed by atoms with van der Waals surface area (Å²) in [5, 5.41) is 7.74. The summed E-state index contributed by atoms with van der Waals surface area (Å²) in [6.45, 7) is 0.955. The molecule has 0 atom stereocenters. The van der Waals surface area contributed by atoms with E-state index in [1.54, 1.807) is 0 Å². The molecule has 35 valence electrons. The van der Waals surface area contributed by atoms with E-state index in [9.17, 15) is 0 Å². The summed E-state index contributed by atoms with van der Waals surface area (Å²) in [7, 11) is 0. The number of hydrogen-bond donors (Lipinski definition) is 3. The second-order valence-corrected chi connectivity index (χ2v) is 0.697. The van der Waals surface area contributed by atoms with Gasteiger partial charge in [0.1, 0.15) is 0 Å². The van der Waals surface area contributed by atoms with Crippen molar-refractivity contribution in [2.75, 3.05) is 13.1 Å². The van der Waals surface area contributed by atoms with E-state index in [4.69, 9.17) is 10.9 Å². The third-order valence-electron chi connectivity index (χ3n) is 0.256. The van der Waals surface area contributed by atoms with Gasteiger partial charge in [-0.1, -0.05) is 0 Å². The summed E-state index contributed by atoms with van der Waals surface area (Å²) in [6.07, 6.45) is 0. The van der Waals surface area contributed by atoms with Crippen molar-refractivity contribution in [1.29, 1.82) is 0 Å². The summed E-state index contributed by atoms with van der Waals surface area (Å²) < 4.78 is 0. The fourth-order valence-corrected chi connectivity index (χ4v) is 0.0645. The Balaban J connectivity index is -0.0000000267. The van der Waals surface area contributed by atoms with E-state index in [-0.39, 0.29) is 88.7 Å². The van der Waals surface area contributed by atoms with Crippen LogP contribution in [0.3, 0.4) is 0 Å². The van der Waals surface area contributed by atoms with E-state index in [0.29, 0.717) is 13.1 Å². The first-order chi connectivity index (χ1) is 2.41. The maximum atomic E-state index is 7.74. The largest absolute Gasteiger partial charge is 0.329 e. The number of nitrogens with one attached hydrogen (secondary N) is 1. The van der Waals surface area contributed by atoms with Gasteiger partial charge in [-0.2, -0.15) is 0 Å². The zero-order valence-electron chi connectivity index (χ0n) is 5.94. The van der Waals surface area contributed by atoms with Gasteiger partial charge in [0, 0.05) is 102 Å². The summed E-state index contributed by atoms with van der Waals surface area (Å²) >= 11 is 0. The van der Waals surface area contributed by atoms with Crippen LogP contribution >= 0.6 is 0 Å². The normalized spacial score (nSPS) is 5.25. The van der Waals surface area contributed by atoms with Gasteiger partial charge in [0.2, 0.25) is 0 Å². The summed E-state index contributed by atoms with van der Waals surface area (Å²) in [4.78, 5) is 0. The smallest absolute Gasteiger partial charge is 0.0330 e. The molecule has 4 N–H and O–H groups in total. The van der Waals surface area contributed by atoms with Gasteiger partial charge >= 0.3 is 0 Å². The Labute approximate surface area is 116 Å². The molecule has 3 nitrogen and oxygen atoms in total. The van der Waals surface area contributed by atoms with Gasteiger partial charge in [-0.25, -0.2) is 5.48 Å². The van der Waals surface area contributed by atoms with Gasteiger partial charge in [-0.05, 0) is 0 Å². The van der Waals surface area contributed by atoms with E-state index >= 15 is 0 Å². The molecular weight excluding hydrogens is 137 g/mol. The Morgan fingerprint density at radius 1 is 1.25 bits per heavy atom. The maximum absolute atomic E-state index is 7.74. The minimum absolute atomic E-state index is 0. The zero-order valence-corrected chi connectivity index (χ0v) is 11.9. The Hall–Kier alpha value is 2.88. The molecule has 0 heterocycles. The monoisotopic (exact) mass is 145 g/mol. The molecule has 0 bridgehead atoms. The Morgan fingerprint density at radius 2 is 1.62 bits per heavy atom. The van der Waals surface area contributed by atoms with Gasteiger partial charge in [0.25, 0.3) is 0 Å². The molecule has 0 aromatic rings. The second kappa shape index (κ2) is 22.5. The van der Waals surface area contributed by atoms with Crippen LogP contribution in [0.2, 0.25) is 0 Å². The number of rotatable bonds is 2. The molecule has 0 spiro atoms. The molecule has 0 aliphatic carbocycles. The van der Waals surface area contributed by atoms with Crippen molar-refractivity contribution < 1.29 is 5.21 Å². The quantitative estimate of drug-likeness (QED) is 0.305. The molecule has 0 aliphatic rings. The van der Waals surface area contributed by atoms with Crippen molar-refractivity contribution in [3.8, 4) is 0 Å². The van der Waals surface area contributed by atoms with Crippen LogP contribution in [-0.4, -0.2) is 107 Å². The van der Waals surface area contributed by atoms with Crippen LogP contribution in [0, 0.1) is 0 Å². The molecule has 0 fully saturated rings. The van der Waals surface area contributed by atoms with E-state index in [1.807, 2.05) is 5.48 Å². The molecular formula is C2H8N2Na3O. The molecule has 0 amide bonds. The van der Waals surface area contributed by atoms with Gasteiger partial charge in [0.15, 0.2) is 0 Å². The van der Waals surface area contributed by atoms with Gasteiger partial charge in [0.05, 0.1) is 0 Å². The summed E-state index contributed by atoms with van der Waals surface area (Å²) in [6, 6.07) is 0. The van der Waals surface area contributed by atoms with E-state index in [0.717, 1.165) is 0 Å². The van der Waals surface area contributed by atoms with E-state index in [1.165, 1.54) is 0 Å². The minimum atomic E-state index is 0. The Kier molecular flexibility index (Phi) is 63.2. The van der Waals surface area contributed by atoms with Crippen LogP contribution in [0.4, 0.5) is 0 Å². The Morgan fingerprint density at radius 3 is 1.62 bits per heavy atom. The van der Waals surface area contributed by atoms with Crippen LogP contribution in [0.1, 0.15) is 0 Å². The van der Waals surface area contributed by atoms with Crippen molar-refractivity contribution in [3.05, 3.63) is 0 Å². The summed E-state index contributed by atoms with van der Waals surface area (Å²) in [5.74, 6) is 0. The fraction of sp³-hybridized carbons (Fsp3) is 1.00. The van der Waals surface area contributed by atoms with Crippen LogP contribution in [0.25, 0.3) is 0 Å². The van der Waals surface area contributed by atoms with Gasteiger partial charge in [-0.3, -0.25) is 0 Å². The van der Waals surface area contributed by atoms with Crippen LogP contribution < -0.4 is 11.2 Å². The molecule has 0 saturated heterocycles. The standard InChI is InChI=1S/C2H8N2O.3Na/c3-1-2-4-5;;;/h4-5H,1-3H2;;;. The Bertz CT molecular complexity index is 22.8. The molecule has 0 unspecified atom stereocenters. The molecule has 3 radical (unpaired) electrons. The van der Waals surface area contributed by atoms with Crippen LogP contribution in [0.15, 0.2) is 0 Å². The zero-order chi connectivity index (χ0) is 4.12. The molecule has 0 aromatic heterocycles. The molecule has 8 heavy (non-hydrogen) atoms. The van der Waals surface area contributed by atoms with Crippen molar-refractivity contribution in [3.63, 3.8) is 0 Å². The molecule has 0 rings (SSSR count). The number of hydroxylamine groups is 1. The second-order valence-electron chi connectivity index (χ2n) is 0.697. The first kappa shape index (κ1) is 22.4. The average Bonchev–Trinajstić information content (AvgIpc) is 1.41. The predicted molar refractivity (Wildman–Crippen MR) is 36.1 cm³/mol. The molecule has 0 aromatic carbocycles. The average molecular weight is 145 g/mol. The molecule has 0 aliphatic heterocycles. The third-order valence-corrected chi connectivity index (χ3v) is 0.256. The van der Waals surface area contributed by atoms with E-state index in [2.05, 4.69) is 0 Å². The first-order valence-corrected chi connectivity index (χ1v) is 1.49. The minimum Gasteiger partial charge on any atom is -0.329 e. The number of hydrogen-bond acceptors (Lipinski definition) is 3. The molecule has 6 heteroatoms. The van der Waals surface area contributed by atoms with Crippen molar-refractivity contribution in [2.45, 2.75) is 0 Å².